The van der Waals surface area contributed by atoms with E-state index in [4.69, 9.17) is 4.74 Å². The highest BCUT2D eigenvalue weighted by atomic mass is 16.5. The average molecular weight is 331 g/mol. The number of rotatable bonds is 2. The van der Waals surface area contributed by atoms with Gasteiger partial charge in [-0.25, -0.2) is 0 Å². The maximum absolute atomic E-state index is 13.3. The molecule has 24 heavy (non-hydrogen) atoms. The van der Waals surface area contributed by atoms with Gasteiger partial charge in [-0.3, -0.25) is 0 Å². The van der Waals surface area contributed by atoms with Gasteiger partial charge in [-0.2, -0.15) is 0 Å². The smallest absolute Gasteiger partial charge is 0.105 e. The summed E-state index contributed by atoms with van der Waals surface area (Å²) in [4.78, 5) is 0. The Hall–Kier alpha value is -0.960. The molecule has 1 heterocycles. The third kappa shape index (κ3) is 2.79. The summed E-state index contributed by atoms with van der Waals surface area (Å²) in [6, 6.07) is 0. The minimum atomic E-state index is -0.305. The van der Waals surface area contributed by atoms with Gasteiger partial charge in [-0.1, -0.05) is 44.1 Å². The van der Waals surface area contributed by atoms with Crippen LogP contribution in [0.5, 0.6) is 0 Å². The molecule has 1 aliphatic heterocycles. The largest absolute Gasteiger partial charge is 0.873 e. The third-order valence-electron chi connectivity index (χ3n) is 7.16. The lowest BCUT2D eigenvalue weighted by Crippen LogP contribution is -2.44. The van der Waals surface area contributed by atoms with Crippen LogP contribution in [-0.4, -0.2) is 17.3 Å². The average Bonchev–Trinajstić information content (AvgIpc) is 3.05. The summed E-state index contributed by atoms with van der Waals surface area (Å²) in [5.41, 5.74) is 0. The molecule has 3 fully saturated rings. The normalized spacial score (nSPS) is 45.1. The molecule has 3 aliphatic carbocycles. The van der Waals surface area contributed by atoms with E-state index in [0.717, 1.165) is 44.3 Å². The number of aliphatic hydroxyl groups is 1. The Morgan fingerprint density at radius 2 is 2.00 bits per heavy atom. The predicted molar refractivity (Wildman–Crippen MR) is 91.7 cm³/mol. The van der Waals surface area contributed by atoms with Gasteiger partial charge in [0.25, 0.3) is 0 Å². The van der Waals surface area contributed by atoms with Crippen LogP contribution < -0.4 is 5.11 Å². The van der Waals surface area contributed by atoms with Crippen LogP contribution in [0.1, 0.15) is 64.7 Å². The van der Waals surface area contributed by atoms with E-state index >= 15 is 0 Å². The zero-order chi connectivity index (χ0) is 16.7. The summed E-state index contributed by atoms with van der Waals surface area (Å²) in [6.45, 7) is 2.02. The van der Waals surface area contributed by atoms with Gasteiger partial charge >= 0.3 is 0 Å². The molecule has 0 amide bonds. The molecule has 4 rings (SSSR count). The first kappa shape index (κ1) is 16.5. The maximum atomic E-state index is 13.3. The molecule has 0 radical (unpaired) electrons. The van der Waals surface area contributed by atoms with Crippen molar-refractivity contribution in [1.82, 2.24) is 0 Å². The number of allylic oxidation sites excluding steroid dienone is 3. The highest BCUT2D eigenvalue weighted by Crippen LogP contribution is 2.50. The Kier molecular flexibility index (Phi) is 4.64. The molecule has 0 aromatic rings. The highest BCUT2D eigenvalue weighted by molar-refractivity contribution is 5.17. The minimum Gasteiger partial charge on any atom is -0.873 e. The van der Waals surface area contributed by atoms with Gasteiger partial charge in [0.05, 0.1) is 11.9 Å². The summed E-state index contributed by atoms with van der Waals surface area (Å²) in [5.74, 6) is 2.42. The van der Waals surface area contributed by atoms with Crippen LogP contribution >= 0.6 is 0 Å². The van der Waals surface area contributed by atoms with Gasteiger partial charge in [0, 0.05) is 11.8 Å². The summed E-state index contributed by atoms with van der Waals surface area (Å²) >= 11 is 0. The second-order valence-corrected chi connectivity index (χ2v) is 8.47. The Bertz CT molecular complexity index is 523. The van der Waals surface area contributed by atoms with Crippen molar-refractivity contribution < 1.29 is 14.9 Å². The Morgan fingerprint density at radius 1 is 1.17 bits per heavy atom. The maximum Gasteiger partial charge on any atom is 0.105 e. The molecule has 2 saturated carbocycles. The van der Waals surface area contributed by atoms with Crippen molar-refractivity contribution in [3.05, 3.63) is 23.7 Å². The van der Waals surface area contributed by atoms with Gasteiger partial charge in [0.1, 0.15) is 6.10 Å². The summed E-state index contributed by atoms with van der Waals surface area (Å²) in [5, 5.41) is 23.5. The van der Waals surface area contributed by atoms with Crippen LogP contribution in [0.3, 0.4) is 0 Å². The van der Waals surface area contributed by atoms with E-state index in [9.17, 15) is 10.2 Å². The van der Waals surface area contributed by atoms with Crippen LogP contribution in [-0.2, 0) is 4.74 Å². The lowest BCUT2D eigenvalue weighted by atomic mass is 9.66. The van der Waals surface area contributed by atoms with E-state index < -0.39 is 0 Å². The molecular weight excluding hydrogens is 300 g/mol. The first-order chi connectivity index (χ1) is 11.7. The summed E-state index contributed by atoms with van der Waals surface area (Å²) in [6.07, 6.45) is 14.4. The number of fused-ring (bicyclic) bond motifs is 3. The molecule has 1 N–H and O–H groups in total. The number of hydrogen-bond donors (Lipinski definition) is 1. The summed E-state index contributed by atoms with van der Waals surface area (Å²) in [7, 11) is 0. The van der Waals surface area contributed by atoms with Crippen LogP contribution in [0, 0.1) is 29.6 Å². The SMILES string of the molecule is CC(/C([O-])=C1\OC2CCC=CC2C2CCCCC12)C1CCCC1O. The highest BCUT2D eigenvalue weighted by Gasteiger charge is 2.44. The van der Waals surface area contributed by atoms with E-state index in [0.29, 0.717) is 17.8 Å². The van der Waals surface area contributed by atoms with Crippen molar-refractivity contribution in [2.24, 2.45) is 29.6 Å². The number of hydrogen-bond acceptors (Lipinski definition) is 3. The van der Waals surface area contributed by atoms with Crippen molar-refractivity contribution in [2.75, 3.05) is 0 Å². The molecule has 0 bridgehead atoms. The molecule has 7 atom stereocenters. The van der Waals surface area contributed by atoms with E-state index in [1.807, 2.05) is 6.92 Å². The molecule has 3 heteroatoms. The van der Waals surface area contributed by atoms with Gasteiger partial charge < -0.3 is 14.9 Å². The Morgan fingerprint density at radius 3 is 2.79 bits per heavy atom. The Balaban J connectivity index is 1.63. The minimum absolute atomic E-state index is 0.101. The van der Waals surface area contributed by atoms with Gasteiger partial charge in [-0.05, 0) is 56.3 Å². The van der Waals surface area contributed by atoms with E-state index in [2.05, 4.69) is 12.2 Å². The van der Waals surface area contributed by atoms with E-state index in [-0.39, 0.29) is 29.8 Å². The lowest BCUT2D eigenvalue weighted by Gasteiger charge is -2.49. The topological polar surface area (TPSA) is 52.5 Å². The third-order valence-corrected chi connectivity index (χ3v) is 7.16. The van der Waals surface area contributed by atoms with Gasteiger partial charge in [-0.15, -0.1) is 0 Å². The van der Waals surface area contributed by atoms with Crippen LogP contribution in [0.15, 0.2) is 23.7 Å². The standard InChI is InChI=1S/C21H32O3/c1-13(14-10-6-11-18(14)22)20(23)21-17-9-3-2-7-15(17)16-8-4-5-12-19(16)24-21/h4,8,13-19,22-23H,2-3,5-7,9-12H2,1H3/p-1/b21-20+. The zero-order valence-corrected chi connectivity index (χ0v) is 14.8. The van der Waals surface area contributed by atoms with Crippen molar-refractivity contribution in [3.8, 4) is 0 Å². The number of aliphatic hydroxyl groups excluding tert-OH is 1. The van der Waals surface area contributed by atoms with Crippen LogP contribution in [0.25, 0.3) is 0 Å². The van der Waals surface area contributed by atoms with E-state index in [1.54, 1.807) is 0 Å². The first-order valence-electron chi connectivity index (χ1n) is 10.1. The lowest BCUT2D eigenvalue weighted by molar-refractivity contribution is -0.326. The van der Waals surface area contributed by atoms with E-state index in [1.165, 1.54) is 19.3 Å². The predicted octanol–water partition coefficient (Wildman–Crippen LogP) is 3.53. The first-order valence-corrected chi connectivity index (χ1v) is 10.1. The molecule has 134 valence electrons. The second kappa shape index (κ2) is 6.74. The number of ether oxygens (including phenoxy) is 1. The fourth-order valence-corrected chi connectivity index (χ4v) is 5.79. The fraction of sp³-hybridized carbons (Fsp3) is 0.810. The molecule has 3 nitrogen and oxygen atoms in total. The van der Waals surface area contributed by atoms with Gasteiger partial charge in [0.15, 0.2) is 0 Å². The molecule has 1 saturated heterocycles. The fourth-order valence-electron chi connectivity index (χ4n) is 5.79. The molecule has 0 spiro atoms. The summed E-state index contributed by atoms with van der Waals surface area (Å²) < 4.78 is 6.37. The van der Waals surface area contributed by atoms with Crippen LogP contribution in [0.2, 0.25) is 0 Å². The zero-order valence-electron chi connectivity index (χ0n) is 14.8. The Labute approximate surface area is 145 Å². The van der Waals surface area contributed by atoms with Crippen molar-refractivity contribution in [2.45, 2.75) is 76.9 Å². The molecular formula is C21H31O3-. The molecule has 4 aliphatic rings. The molecule has 0 aromatic heterocycles. The van der Waals surface area contributed by atoms with Crippen molar-refractivity contribution in [1.29, 1.82) is 0 Å². The van der Waals surface area contributed by atoms with Gasteiger partial charge in [0.2, 0.25) is 0 Å². The van der Waals surface area contributed by atoms with Crippen molar-refractivity contribution in [3.63, 3.8) is 0 Å². The second-order valence-electron chi connectivity index (χ2n) is 8.47. The van der Waals surface area contributed by atoms with Crippen LogP contribution in [0.4, 0.5) is 0 Å². The monoisotopic (exact) mass is 331 g/mol. The molecule has 7 unspecified atom stereocenters. The van der Waals surface area contributed by atoms with Crippen molar-refractivity contribution >= 4 is 0 Å². The molecule has 0 aromatic carbocycles. The quantitative estimate of drug-likeness (QED) is 0.622.